The zero-order chi connectivity index (χ0) is 8.59. The Morgan fingerprint density at radius 1 is 1.67 bits per heavy atom. The maximum atomic E-state index is 7.30. The van der Waals surface area contributed by atoms with Crippen LogP contribution in [0.5, 0.6) is 0 Å². The lowest BCUT2D eigenvalue weighted by molar-refractivity contribution is 1.31. The van der Waals surface area contributed by atoms with E-state index in [1.54, 1.807) is 0 Å². The van der Waals surface area contributed by atoms with Crippen molar-refractivity contribution in [1.82, 2.24) is 4.98 Å². The first-order valence-corrected chi connectivity index (χ1v) is 3.56. The Bertz CT molecular complexity index is 279. The summed E-state index contributed by atoms with van der Waals surface area (Å²) in [7, 11) is 0. The molecule has 9 heavy (non-hydrogen) atoms. The summed E-state index contributed by atoms with van der Waals surface area (Å²) >= 11 is 14.1. The minimum absolute atomic E-state index is 0.00118. The second-order valence-electron chi connectivity index (χ2n) is 1.27. The van der Waals surface area contributed by atoms with Crippen LogP contribution in [-0.4, -0.2) is 4.98 Å². The van der Waals surface area contributed by atoms with E-state index in [0.29, 0.717) is 4.47 Å². The van der Waals surface area contributed by atoms with E-state index in [-0.39, 0.29) is 22.4 Å². The van der Waals surface area contributed by atoms with Gasteiger partial charge in [-0.15, -0.1) is 0 Å². The molecule has 0 saturated carbocycles. The molecule has 48 valence electrons. The SMILES string of the molecule is [2H]c1nc(Cl)c(Br)c([2H])c1Cl. The molecule has 1 aromatic heterocycles. The van der Waals surface area contributed by atoms with E-state index >= 15 is 0 Å². The van der Waals surface area contributed by atoms with Crippen LogP contribution in [-0.2, 0) is 0 Å². The summed E-state index contributed by atoms with van der Waals surface area (Å²) in [5.41, 5.74) is 0. The molecule has 0 atom stereocenters. The first kappa shape index (κ1) is 4.94. The highest BCUT2D eigenvalue weighted by atomic mass is 79.9. The van der Waals surface area contributed by atoms with E-state index in [0.717, 1.165) is 0 Å². The molecule has 0 aliphatic carbocycles. The van der Waals surface area contributed by atoms with Gasteiger partial charge in [0.2, 0.25) is 0 Å². The summed E-state index contributed by atoms with van der Waals surface area (Å²) in [4.78, 5) is 3.57. The Hall–Kier alpha value is 0.210. The van der Waals surface area contributed by atoms with E-state index in [1.807, 2.05) is 0 Å². The molecule has 1 nitrogen and oxygen atoms in total. The summed E-state index contributed by atoms with van der Waals surface area (Å²) in [5.74, 6) is 0. The largest absolute Gasteiger partial charge is 0.242 e. The zero-order valence-electron chi connectivity index (χ0n) is 6.08. The molecule has 0 bridgehead atoms. The smallest absolute Gasteiger partial charge is 0.143 e. The number of aromatic nitrogens is 1. The predicted molar refractivity (Wildman–Crippen MR) is 42.0 cm³/mol. The number of hydrogen-bond donors (Lipinski definition) is 0. The van der Waals surface area contributed by atoms with Gasteiger partial charge in [-0.3, -0.25) is 0 Å². The van der Waals surface area contributed by atoms with Crippen LogP contribution in [0.1, 0.15) is 2.74 Å². The quantitative estimate of drug-likeness (QED) is 0.622. The van der Waals surface area contributed by atoms with Crippen molar-refractivity contribution in [3.8, 4) is 0 Å². The molecular formula is C5H2BrCl2N. The standard InChI is InChI=1S/C5H2BrCl2N/c6-4-1-3(7)2-9-5(4)8/h1-2H/i1D,2D. The summed E-state index contributed by atoms with van der Waals surface area (Å²) < 4.78 is 14.8. The highest BCUT2D eigenvalue weighted by Crippen LogP contribution is 2.22. The van der Waals surface area contributed by atoms with Crippen molar-refractivity contribution in [3.63, 3.8) is 0 Å². The lowest BCUT2D eigenvalue weighted by atomic mass is 10.5. The first-order valence-electron chi connectivity index (χ1n) is 3.01. The Morgan fingerprint density at radius 3 is 3.00 bits per heavy atom. The van der Waals surface area contributed by atoms with E-state index in [2.05, 4.69) is 20.9 Å². The predicted octanol–water partition coefficient (Wildman–Crippen LogP) is 3.15. The fourth-order valence-corrected chi connectivity index (χ4v) is 0.950. The number of pyridine rings is 1. The molecule has 0 spiro atoms. The van der Waals surface area contributed by atoms with E-state index in [9.17, 15) is 0 Å². The van der Waals surface area contributed by atoms with Gasteiger partial charge in [0.1, 0.15) is 5.15 Å². The van der Waals surface area contributed by atoms with Crippen molar-refractivity contribution in [2.75, 3.05) is 0 Å². The number of rotatable bonds is 0. The summed E-state index contributed by atoms with van der Waals surface area (Å²) in [5, 5.41) is 0.0886. The minimum Gasteiger partial charge on any atom is -0.242 e. The fraction of sp³-hybridized carbons (Fsp3) is 0. The molecule has 0 amide bonds. The monoisotopic (exact) mass is 227 g/mol. The van der Waals surface area contributed by atoms with Gasteiger partial charge in [0.15, 0.2) is 0 Å². The van der Waals surface area contributed by atoms with Gasteiger partial charge in [0.05, 0.1) is 12.2 Å². The van der Waals surface area contributed by atoms with E-state index in [1.165, 1.54) is 0 Å². The van der Waals surface area contributed by atoms with Gasteiger partial charge >= 0.3 is 0 Å². The van der Waals surface area contributed by atoms with Crippen molar-refractivity contribution in [2.24, 2.45) is 0 Å². The van der Waals surface area contributed by atoms with Crippen LogP contribution in [0, 0.1) is 0 Å². The number of hydrogen-bond acceptors (Lipinski definition) is 1. The maximum absolute atomic E-state index is 7.30. The van der Waals surface area contributed by atoms with Crippen molar-refractivity contribution >= 4 is 39.1 Å². The number of halogens is 3. The van der Waals surface area contributed by atoms with Gasteiger partial charge in [-0.05, 0) is 22.0 Å². The molecule has 4 heteroatoms. The molecule has 0 aliphatic rings. The fourth-order valence-electron chi connectivity index (χ4n) is 0.323. The molecule has 0 unspecified atom stereocenters. The van der Waals surface area contributed by atoms with Gasteiger partial charge in [0, 0.05) is 6.17 Å². The molecule has 1 rings (SSSR count). The molecule has 0 aromatic carbocycles. The van der Waals surface area contributed by atoms with Crippen LogP contribution in [0.25, 0.3) is 0 Å². The van der Waals surface area contributed by atoms with Crippen LogP contribution >= 0.6 is 39.1 Å². The Kier molecular flexibility index (Phi) is 1.57. The molecule has 0 saturated heterocycles. The third-order valence-electron chi connectivity index (χ3n) is 0.653. The lowest BCUT2D eigenvalue weighted by Crippen LogP contribution is -1.74. The second-order valence-corrected chi connectivity index (χ2v) is 2.80. The third-order valence-corrected chi connectivity index (χ3v) is 1.91. The second kappa shape index (κ2) is 2.86. The van der Waals surface area contributed by atoms with Crippen molar-refractivity contribution in [2.45, 2.75) is 0 Å². The molecule has 0 aliphatic heterocycles. The van der Waals surface area contributed by atoms with Gasteiger partial charge in [-0.1, -0.05) is 23.2 Å². The van der Waals surface area contributed by atoms with Crippen LogP contribution in [0.15, 0.2) is 16.7 Å². The first-order chi connectivity index (χ1) is 5.04. The summed E-state index contributed by atoms with van der Waals surface area (Å²) in [6, 6.07) is -0.00309. The number of nitrogens with zero attached hydrogens (tertiary/aromatic N) is 1. The summed E-state index contributed by atoms with van der Waals surface area (Å²) in [6.45, 7) is 0. The van der Waals surface area contributed by atoms with Crippen LogP contribution in [0.2, 0.25) is 10.2 Å². The van der Waals surface area contributed by atoms with E-state index < -0.39 is 0 Å². The normalized spacial score (nSPS) is 12.8. The van der Waals surface area contributed by atoms with Crippen LogP contribution < -0.4 is 0 Å². The maximum Gasteiger partial charge on any atom is 0.143 e. The van der Waals surface area contributed by atoms with E-state index in [4.69, 9.17) is 25.9 Å². The highest BCUT2D eigenvalue weighted by molar-refractivity contribution is 9.10. The van der Waals surface area contributed by atoms with Gasteiger partial charge < -0.3 is 0 Å². The average Bonchev–Trinajstić information content (AvgIpc) is 1.97. The summed E-state index contributed by atoms with van der Waals surface area (Å²) in [6.07, 6.45) is -0.176. The zero-order valence-corrected chi connectivity index (χ0v) is 7.18. The molecule has 0 fully saturated rings. The Labute approximate surface area is 73.9 Å². The third kappa shape index (κ3) is 1.81. The Balaban J connectivity index is 3.46. The minimum atomic E-state index is -0.176. The average molecular weight is 229 g/mol. The van der Waals surface area contributed by atoms with Gasteiger partial charge in [-0.2, -0.15) is 0 Å². The molecule has 1 aromatic rings. The lowest BCUT2D eigenvalue weighted by Gasteiger charge is -1.92. The highest BCUT2D eigenvalue weighted by Gasteiger charge is 1.96. The molecule has 0 N–H and O–H groups in total. The van der Waals surface area contributed by atoms with Crippen LogP contribution in [0.4, 0.5) is 0 Å². The Morgan fingerprint density at radius 2 is 2.33 bits per heavy atom. The topological polar surface area (TPSA) is 12.9 Å². The molecule has 1 heterocycles. The van der Waals surface area contributed by atoms with Gasteiger partial charge in [0.25, 0.3) is 0 Å². The van der Waals surface area contributed by atoms with Crippen molar-refractivity contribution in [1.29, 1.82) is 0 Å². The molecular weight excluding hydrogens is 225 g/mol. The van der Waals surface area contributed by atoms with Crippen molar-refractivity contribution in [3.05, 3.63) is 26.9 Å². The van der Waals surface area contributed by atoms with Crippen molar-refractivity contribution < 1.29 is 2.74 Å². The van der Waals surface area contributed by atoms with Gasteiger partial charge in [-0.25, -0.2) is 4.98 Å². The molecule has 0 radical (unpaired) electrons. The van der Waals surface area contributed by atoms with Crippen LogP contribution in [0.3, 0.4) is 0 Å².